The van der Waals surface area contributed by atoms with Gasteiger partial charge in [0.2, 0.25) is 5.78 Å². The summed E-state index contributed by atoms with van der Waals surface area (Å²) in [7, 11) is 10.8. The van der Waals surface area contributed by atoms with Crippen LogP contribution in [0.25, 0.3) is 0 Å². The Morgan fingerprint density at radius 2 is 0.955 bits per heavy atom. The molecule has 0 bridgehead atoms. The number of phenols is 6. The second-order valence-corrected chi connectivity index (χ2v) is 4.45. The van der Waals surface area contributed by atoms with Gasteiger partial charge in [-0.15, -0.1) is 0 Å². The van der Waals surface area contributed by atoms with Crippen LogP contribution in [0.2, 0.25) is 0 Å². The van der Waals surface area contributed by atoms with E-state index in [9.17, 15) is 35.4 Å². The summed E-state index contributed by atoms with van der Waals surface area (Å²) in [6.07, 6.45) is 0. The molecule has 6 N–H and O–H groups in total. The quantitative estimate of drug-likeness (QED) is 0.231. The lowest BCUT2D eigenvalue weighted by Crippen LogP contribution is -2.13. The van der Waals surface area contributed by atoms with Crippen molar-refractivity contribution in [3.05, 3.63) is 23.3 Å². The summed E-state index contributed by atoms with van der Waals surface area (Å²) in [5.74, 6) is -6.65. The lowest BCUT2D eigenvalue weighted by molar-refractivity contribution is 0.103. The zero-order valence-electron chi connectivity index (χ0n) is 10.9. The highest BCUT2D eigenvalue weighted by atomic mass is 16.3. The molecule has 0 aliphatic rings. The van der Waals surface area contributed by atoms with E-state index < -0.39 is 62.3 Å². The van der Waals surface area contributed by atoms with E-state index in [1.165, 1.54) is 0 Å². The minimum absolute atomic E-state index is 0.394. The third-order valence-electron chi connectivity index (χ3n) is 3.04. The Labute approximate surface area is 126 Å². The third kappa shape index (κ3) is 2.16. The van der Waals surface area contributed by atoms with Crippen molar-refractivity contribution in [3.8, 4) is 34.5 Å². The zero-order chi connectivity index (χ0) is 16.8. The molecule has 2 rings (SSSR count). The predicted molar refractivity (Wildman–Crippen MR) is 77.1 cm³/mol. The standard InChI is InChI=1S/C13H8B2O7/c14-5-1-3(8(17)12(21)10(5)19)7(16)4-2-6(15)11(20)13(22)9(4)18/h1-2,17-22H. The van der Waals surface area contributed by atoms with Gasteiger partial charge in [-0.3, -0.25) is 4.79 Å². The fraction of sp³-hybridized carbons (Fsp3) is 0. The second-order valence-electron chi connectivity index (χ2n) is 4.45. The molecule has 2 aromatic rings. The van der Waals surface area contributed by atoms with E-state index in [0.717, 1.165) is 12.1 Å². The van der Waals surface area contributed by atoms with Gasteiger partial charge in [0.05, 0.1) is 11.1 Å². The van der Waals surface area contributed by atoms with Crippen LogP contribution in [-0.2, 0) is 0 Å². The molecular weight excluding hydrogens is 290 g/mol. The van der Waals surface area contributed by atoms with Gasteiger partial charge in [-0.05, 0) is 0 Å². The Balaban J connectivity index is 2.69. The predicted octanol–water partition coefficient (Wildman–Crippen LogP) is -1.26. The maximum absolute atomic E-state index is 12.3. The fourth-order valence-corrected chi connectivity index (χ4v) is 1.83. The molecule has 4 radical (unpaired) electrons. The molecule has 0 spiro atoms. The number of carbonyl (C=O) groups is 1. The summed E-state index contributed by atoms with van der Waals surface area (Å²) in [6.45, 7) is 0. The van der Waals surface area contributed by atoms with Gasteiger partial charge < -0.3 is 30.6 Å². The topological polar surface area (TPSA) is 138 Å². The Morgan fingerprint density at radius 1 is 0.636 bits per heavy atom. The SMILES string of the molecule is [B]c1cc(C(=O)c2cc([B])c(O)c(O)c2O)c(O)c(O)c1O. The van der Waals surface area contributed by atoms with Crippen LogP contribution in [0, 0.1) is 0 Å². The van der Waals surface area contributed by atoms with Gasteiger partial charge in [0.1, 0.15) is 15.7 Å². The first kappa shape index (κ1) is 15.4. The Hall–Kier alpha value is -2.96. The lowest BCUT2D eigenvalue weighted by atomic mass is 9.87. The van der Waals surface area contributed by atoms with Gasteiger partial charge >= 0.3 is 0 Å². The largest absolute Gasteiger partial charge is 0.505 e. The fourth-order valence-electron chi connectivity index (χ4n) is 1.83. The summed E-state index contributed by atoms with van der Waals surface area (Å²) < 4.78 is 0. The van der Waals surface area contributed by atoms with Crippen LogP contribution in [0.15, 0.2) is 12.1 Å². The molecule has 0 aromatic heterocycles. The van der Waals surface area contributed by atoms with E-state index in [1.54, 1.807) is 0 Å². The Kier molecular flexibility index (Phi) is 3.58. The van der Waals surface area contributed by atoms with Crippen molar-refractivity contribution in [3.63, 3.8) is 0 Å². The number of ketones is 1. The molecule has 0 fully saturated rings. The van der Waals surface area contributed by atoms with Crippen molar-refractivity contribution in [1.29, 1.82) is 0 Å². The van der Waals surface area contributed by atoms with Gasteiger partial charge in [-0.25, -0.2) is 0 Å². The summed E-state index contributed by atoms with van der Waals surface area (Å²) in [5, 5.41) is 57.1. The molecule has 0 heterocycles. The van der Waals surface area contributed by atoms with E-state index in [4.69, 9.17) is 15.7 Å². The van der Waals surface area contributed by atoms with Crippen LogP contribution < -0.4 is 10.9 Å². The van der Waals surface area contributed by atoms with Crippen molar-refractivity contribution in [2.75, 3.05) is 0 Å². The van der Waals surface area contributed by atoms with E-state index in [1.807, 2.05) is 0 Å². The summed E-state index contributed by atoms with van der Waals surface area (Å²) in [4.78, 5) is 12.3. The lowest BCUT2D eigenvalue weighted by Gasteiger charge is -2.13. The monoisotopic (exact) mass is 298 g/mol. The summed E-state index contributed by atoms with van der Waals surface area (Å²) in [5.41, 5.74) is -1.89. The van der Waals surface area contributed by atoms with E-state index in [2.05, 4.69) is 0 Å². The van der Waals surface area contributed by atoms with Crippen molar-refractivity contribution in [2.45, 2.75) is 0 Å². The van der Waals surface area contributed by atoms with E-state index in [-0.39, 0.29) is 0 Å². The molecule has 0 saturated heterocycles. The number of phenolic OH excluding ortho intramolecular Hbond substituents is 6. The third-order valence-corrected chi connectivity index (χ3v) is 3.04. The summed E-state index contributed by atoms with van der Waals surface area (Å²) >= 11 is 0. The van der Waals surface area contributed by atoms with Crippen LogP contribution in [-0.4, -0.2) is 52.1 Å². The van der Waals surface area contributed by atoms with Crippen LogP contribution in [0.5, 0.6) is 34.5 Å². The van der Waals surface area contributed by atoms with Gasteiger partial charge in [0.15, 0.2) is 34.5 Å². The second kappa shape index (κ2) is 5.10. The van der Waals surface area contributed by atoms with Crippen LogP contribution in [0.1, 0.15) is 15.9 Å². The van der Waals surface area contributed by atoms with E-state index >= 15 is 0 Å². The normalized spacial score (nSPS) is 10.5. The molecule has 0 atom stereocenters. The van der Waals surface area contributed by atoms with Crippen molar-refractivity contribution >= 4 is 32.4 Å². The highest BCUT2D eigenvalue weighted by molar-refractivity contribution is 6.36. The zero-order valence-corrected chi connectivity index (χ0v) is 10.9. The van der Waals surface area contributed by atoms with Crippen LogP contribution in [0.4, 0.5) is 0 Å². The number of carbonyl (C=O) groups excluding carboxylic acids is 1. The van der Waals surface area contributed by atoms with Gasteiger partial charge in [0.25, 0.3) is 0 Å². The molecule has 2 aromatic carbocycles. The molecule has 0 aliphatic carbocycles. The minimum atomic E-state index is -1.06. The maximum atomic E-state index is 12.3. The minimum Gasteiger partial charge on any atom is -0.505 e. The van der Waals surface area contributed by atoms with Crippen molar-refractivity contribution < 1.29 is 35.4 Å². The molecule has 0 unspecified atom stereocenters. The smallest absolute Gasteiger partial charge is 0.200 e. The number of hydrogen-bond donors (Lipinski definition) is 6. The van der Waals surface area contributed by atoms with Gasteiger partial charge in [0, 0.05) is 0 Å². The first-order valence-electron chi connectivity index (χ1n) is 5.78. The Bertz CT molecular complexity index is 736. The highest BCUT2D eigenvalue weighted by Crippen LogP contribution is 2.40. The first-order valence-corrected chi connectivity index (χ1v) is 5.78. The number of rotatable bonds is 2. The first-order chi connectivity index (χ1) is 10.2. The van der Waals surface area contributed by atoms with Gasteiger partial charge in [-0.1, -0.05) is 23.1 Å². The maximum Gasteiger partial charge on any atom is 0.200 e. The van der Waals surface area contributed by atoms with Gasteiger partial charge in [-0.2, -0.15) is 0 Å². The average molecular weight is 298 g/mol. The number of hydrogen-bond acceptors (Lipinski definition) is 7. The molecule has 7 nitrogen and oxygen atoms in total. The molecular formula is C13H8B2O7. The number of aromatic hydroxyl groups is 6. The van der Waals surface area contributed by atoms with Crippen molar-refractivity contribution in [1.82, 2.24) is 0 Å². The Morgan fingerprint density at radius 3 is 1.27 bits per heavy atom. The van der Waals surface area contributed by atoms with Crippen LogP contribution >= 0.6 is 0 Å². The highest BCUT2D eigenvalue weighted by Gasteiger charge is 2.25. The number of benzene rings is 2. The molecule has 0 amide bonds. The summed E-state index contributed by atoms with van der Waals surface area (Å²) in [6, 6.07) is 1.73. The molecule has 0 aliphatic heterocycles. The molecule has 0 saturated carbocycles. The molecule has 9 heteroatoms. The average Bonchev–Trinajstić information content (AvgIpc) is 2.49. The van der Waals surface area contributed by atoms with Crippen molar-refractivity contribution in [2.24, 2.45) is 0 Å². The molecule has 108 valence electrons. The van der Waals surface area contributed by atoms with E-state index in [0.29, 0.717) is 0 Å². The molecule has 22 heavy (non-hydrogen) atoms. The van der Waals surface area contributed by atoms with Crippen LogP contribution in [0.3, 0.4) is 0 Å².